The minimum atomic E-state index is -5.73. The normalized spacial score (nSPS) is 14.7. The summed E-state index contributed by atoms with van der Waals surface area (Å²) >= 11 is 0. The van der Waals surface area contributed by atoms with Gasteiger partial charge in [0.1, 0.15) is 6.04 Å². The predicted molar refractivity (Wildman–Crippen MR) is 46.9 cm³/mol. The first-order valence-corrected chi connectivity index (χ1v) is 4.60. The Morgan fingerprint density at radius 1 is 1.31 bits per heavy atom. The van der Waals surface area contributed by atoms with Gasteiger partial charge in [-0.15, -0.1) is 0 Å². The van der Waals surface area contributed by atoms with E-state index in [0.717, 1.165) is 0 Å². The van der Waals surface area contributed by atoms with Crippen LogP contribution >= 0.6 is 0 Å². The molecule has 1 unspecified atom stereocenters. The third-order valence-electron chi connectivity index (χ3n) is 1.86. The highest BCUT2D eigenvalue weighted by atomic mass is 19.4. The third-order valence-corrected chi connectivity index (χ3v) is 1.86. The van der Waals surface area contributed by atoms with Crippen LogP contribution in [0.1, 0.15) is 19.8 Å². The van der Waals surface area contributed by atoms with Gasteiger partial charge in [0.05, 0.1) is 0 Å². The Bertz CT molecular complexity index is 241. The lowest BCUT2D eigenvalue weighted by atomic mass is 10.1. The van der Waals surface area contributed by atoms with E-state index in [1.54, 1.807) is 12.2 Å². The fourth-order valence-electron chi connectivity index (χ4n) is 0.989. The van der Waals surface area contributed by atoms with E-state index in [1.165, 1.54) is 0 Å². The van der Waals surface area contributed by atoms with Gasteiger partial charge in [-0.1, -0.05) is 6.92 Å². The number of nitrogens with two attached hydrogens (primary N) is 1. The summed E-state index contributed by atoms with van der Waals surface area (Å²) in [6.45, 7) is 0.612. The Balaban J connectivity index is 4.67. The lowest BCUT2D eigenvalue weighted by Gasteiger charge is -2.28. The van der Waals surface area contributed by atoms with Crippen molar-refractivity contribution in [3.05, 3.63) is 0 Å². The zero-order chi connectivity index (χ0) is 13.0. The maximum absolute atomic E-state index is 12.8. The number of carbonyl (C=O) groups excluding carboxylic acids is 1. The molecular formula is C8H13F5N2O. The van der Waals surface area contributed by atoms with Crippen molar-refractivity contribution in [2.45, 2.75) is 37.9 Å². The Labute approximate surface area is 89.2 Å². The molecule has 96 valence electrons. The van der Waals surface area contributed by atoms with E-state index in [2.05, 4.69) is 0 Å². The molecule has 8 heteroatoms. The van der Waals surface area contributed by atoms with E-state index < -0.39 is 30.6 Å². The highest BCUT2D eigenvalue weighted by Crippen LogP contribution is 2.37. The fourth-order valence-corrected chi connectivity index (χ4v) is 0.989. The summed E-state index contributed by atoms with van der Waals surface area (Å²) in [7, 11) is 0. The highest BCUT2D eigenvalue weighted by Gasteiger charge is 2.62. The molecular weight excluding hydrogens is 235 g/mol. The number of halogens is 5. The van der Waals surface area contributed by atoms with Crippen molar-refractivity contribution in [1.82, 2.24) is 5.32 Å². The summed E-state index contributed by atoms with van der Waals surface area (Å²) < 4.78 is 61.4. The molecule has 0 aliphatic carbocycles. The van der Waals surface area contributed by atoms with Crippen molar-refractivity contribution in [2.75, 3.05) is 6.54 Å². The second kappa shape index (κ2) is 5.42. The molecule has 0 aliphatic heterocycles. The smallest absolute Gasteiger partial charge is 0.346 e. The van der Waals surface area contributed by atoms with Crippen molar-refractivity contribution < 1.29 is 26.7 Å². The predicted octanol–water partition coefficient (Wildman–Crippen LogP) is 1.43. The zero-order valence-electron chi connectivity index (χ0n) is 8.57. The molecule has 0 aliphatic rings. The minimum Gasteiger partial charge on any atom is -0.346 e. The van der Waals surface area contributed by atoms with Crippen LogP contribution in [0.3, 0.4) is 0 Å². The van der Waals surface area contributed by atoms with Crippen LogP contribution in [0.15, 0.2) is 0 Å². The lowest BCUT2D eigenvalue weighted by molar-refractivity contribution is -0.291. The molecule has 0 aromatic rings. The monoisotopic (exact) mass is 248 g/mol. The second-order valence-corrected chi connectivity index (χ2v) is 3.23. The number of hydrogen-bond donors (Lipinski definition) is 2. The van der Waals surface area contributed by atoms with Gasteiger partial charge in [0.15, 0.2) is 0 Å². The van der Waals surface area contributed by atoms with Crippen molar-refractivity contribution in [1.29, 1.82) is 0 Å². The molecule has 0 saturated heterocycles. The number of rotatable bonds is 5. The number of hydrogen-bond acceptors (Lipinski definition) is 2. The van der Waals surface area contributed by atoms with E-state index in [-0.39, 0.29) is 6.42 Å². The Morgan fingerprint density at radius 3 is 2.12 bits per heavy atom. The number of carbonyl (C=O) groups is 1. The summed E-state index contributed by atoms with van der Waals surface area (Å²) in [5.74, 6) is -5.90. The molecule has 0 bridgehead atoms. The molecule has 3 nitrogen and oxygen atoms in total. The molecule has 16 heavy (non-hydrogen) atoms. The molecule has 0 heterocycles. The second-order valence-electron chi connectivity index (χ2n) is 3.23. The van der Waals surface area contributed by atoms with Crippen molar-refractivity contribution in [3.8, 4) is 0 Å². The van der Waals surface area contributed by atoms with Gasteiger partial charge >= 0.3 is 12.1 Å². The summed E-state index contributed by atoms with van der Waals surface area (Å²) in [6, 6.07) is -2.42. The molecule has 1 atom stereocenters. The summed E-state index contributed by atoms with van der Waals surface area (Å²) in [5.41, 5.74) is 4.81. The summed E-state index contributed by atoms with van der Waals surface area (Å²) in [5, 5.41) is 1.58. The third kappa shape index (κ3) is 3.58. The lowest BCUT2D eigenvalue weighted by Crippen LogP contribution is -2.58. The van der Waals surface area contributed by atoms with Crippen molar-refractivity contribution >= 4 is 5.91 Å². The van der Waals surface area contributed by atoms with Gasteiger partial charge in [0.2, 0.25) is 5.91 Å². The van der Waals surface area contributed by atoms with Gasteiger partial charge < -0.3 is 11.1 Å². The van der Waals surface area contributed by atoms with E-state index in [4.69, 9.17) is 5.73 Å². The average Bonchev–Trinajstić information content (AvgIpc) is 2.12. The van der Waals surface area contributed by atoms with Crippen LogP contribution in [-0.2, 0) is 4.79 Å². The van der Waals surface area contributed by atoms with Crippen LogP contribution in [0.2, 0.25) is 0 Å². The number of nitrogens with one attached hydrogen (secondary N) is 1. The van der Waals surface area contributed by atoms with Gasteiger partial charge in [-0.05, 0) is 6.42 Å². The SMILES string of the molecule is CCCC(=O)NC(CN)C(F)(F)C(F)(F)F. The molecule has 0 radical (unpaired) electrons. The van der Waals surface area contributed by atoms with Gasteiger partial charge in [-0.3, -0.25) is 4.79 Å². The van der Waals surface area contributed by atoms with Gasteiger partial charge in [0, 0.05) is 13.0 Å². The first-order chi connectivity index (χ1) is 7.16. The van der Waals surface area contributed by atoms with E-state index >= 15 is 0 Å². The first-order valence-electron chi connectivity index (χ1n) is 4.60. The average molecular weight is 248 g/mol. The van der Waals surface area contributed by atoms with Gasteiger partial charge in [-0.2, -0.15) is 22.0 Å². The Morgan fingerprint density at radius 2 is 1.81 bits per heavy atom. The number of amides is 1. The zero-order valence-corrected chi connectivity index (χ0v) is 8.57. The van der Waals surface area contributed by atoms with Gasteiger partial charge in [0.25, 0.3) is 0 Å². The molecule has 0 saturated carbocycles. The molecule has 1 amide bonds. The maximum Gasteiger partial charge on any atom is 0.455 e. The molecule has 0 aromatic carbocycles. The van der Waals surface area contributed by atoms with Crippen molar-refractivity contribution in [3.63, 3.8) is 0 Å². The van der Waals surface area contributed by atoms with E-state index in [0.29, 0.717) is 6.42 Å². The number of alkyl halides is 5. The fraction of sp³-hybridized carbons (Fsp3) is 0.875. The molecule has 0 spiro atoms. The topological polar surface area (TPSA) is 55.1 Å². The largest absolute Gasteiger partial charge is 0.455 e. The molecule has 0 rings (SSSR count). The van der Waals surface area contributed by atoms with Crippen LogP contribution in [0.5, 0.6) is 0 Å². The van der Waals surface area contributed by atoms with Crippen molar-refractivity contribution in [2.24, 2.45) is 5.73 Å². The Hall–Kier alpha value is -0.920. The highest BCUT2D eigenvalue weighted by molar-refractivity contribution is 5.76. The van der Waals surface area contributed by atoms with Crippen LogP contribution in [0, 0.1) is 0 Å². The summed E-state index contributed by atoms with van der Waals surface area (Å²) in [6.07, 6.45) is -5.50. The van der Waals surface area contributed by atoms with Crippen LogP contribution in [-0.4, -0.2) is 30.6 Å². The first kappa shape index (κ1) is 15.1. The maximum atomic E-state index is 12.8. The van der Waals surface area contributed by atoms with Crippen LogP contribution < -0.4 is 11.1 Å². The standard InChI is InChI=1S/C8H13F5N2O/c1-2-3-6(16)15-5(4-14)7(9,10)8(11,12)13/h5H,2-4,14H2,1H3,(H,15,16). The molecule has 0 fully saturated rings. The van der Waals surface area contributed by atoms with Crippen LogP contribution in [0.4, 0.5) is 22.0 Å². The molecule has 3 N–H and O–H groups in total. The van der Waals surface area contributed by atoms with E-state index in [1.807, 2.05) is 0 Å². The Kier molecular flexibility index (Phi) is 5.11. The minimum absolute atomic E-state index is 0.121. The van der Waals surface area contributed by atoms with Crippen LogP contribution in [0.25, 0.3) is 0 Å². The quantitative estimate of drug-likeness (QED) is 0.723. The van der Waals surface area contributed by atoms with E-state index in [9.17, 15) is 26.7 Å². The van der Waals surface area contributed by atoms with Gasteiger partial charge in [-0.25, -0.2) is 0 Å². The molecule has 0 aromatic heterocycles. The summed E-state index contributed by atoms with van der Waals surface area (Å²) in [4.78, 5) is 10.9.